The number of rotatable bonds is 9. The van der Waals surface area contributed by atoms with E-state index in [0.29, 0.717) is 19.5 Å². The first-order chi connectivity index (χ1) is 19.4. The smallest absolute Gasteiger partial charge is 0.406 e. The largest absolute Gasteiger partial charge is 0.573 e. The van der Waals surface area contributed by atoms with Crippen LogP contribution in [0.1, 0.15) is 23.1 Å². The summed E-state index contributed by atoms with van der Waals surface area (Å²) in [6.45, 7) is 0.609. The van der Waals surface area contributed by atoms with Gasteiger partial charge in [-0.1, -0.05) is 54.6 Å². The van der Waals surface area contributed by atoms with Crippen LogP contribution < -0.4 is 14.8 Å². The van der Waals surface area contributed by atoms with Crippen LogP contribution in [0.4, 0.5) is 31.1 Å². The van der Waals surface area contributed by atoms with Crippen LogP contribution in [-0.2, 0) is 16.6 Å². The Bertz CT molecular complexity index is 1260. The molecule has 1 aliphatic rings. The molecule has 1 N–H and O–H groups in total. The lowest BCUT2D eigenvalue weighted by atomic mass is 9.70. The van der Waals surface area contributed by atoms with Gasteiger partial charge in [-0.3, -0.25) is 0 Å². The number of likely N-dealkylation sites (tertiary alicyclic amines) is 1. The van der Waals surface area contributed by atoms with E-state index in [1.165, 1.54) is 24.3 Å². The molecule has 3 aromatic carbocycles. The van der Waals surface area contributed by atoms with Crippen LogP contribution in [0.3, 0.4) is 0 Å². The van der Waals surface area contributed by atoms with E-state index in [1.54, 1.807) is 54.5 Å². The van der Waals surface area contributed by atoms with Crippen LogP contribution in [0.15, 0.2) is 78.9 Å². The minimum Gasteiger partial charge on any atom is -0.406 e. The normalized spacial score (nSPS) is 16.0. The van der Waals surface area contributed by atoms with Gasteiger partial charge in [0.05, 0.1) is 6.10 Å². The summed E-state index contributed by atoms with van der Waals surface area (Å²) in [4.78, 5) is 14.7. The molecule has 1 aliphatic heterocycles. The van der Waals surface area contributed by atoms with Gasteiger partial charge < -0.3 is 24.4 Å². The standard InChI is InChI=1S/C29H28F6N2O4/c1-39-25-13-14-37(18-25)26(38)36-19-27(17-20-7-3-2-4-8-20,21-9-5-11-23(15-21)40-28(30,31)32)22-10-6-12-24(16-22)41-29(33,34)35/h2-12,15-16,25H,13-14,17-19H2,1H3,(H,36,38)/t25-/m1/s1. The van der Waals surface area contributed by atoms with Crippen LogP contribution >= 0.6 is 0 Å². The molecule has 0 bridgehead atoms. The third-order valence-electron chi connectivity index (χ3n) is 6.90. The molecule has 4 rings (SSSR count). The number of hydrogen-bond acceptors (Lipinski definition) is 4. The highest BCUT2D eigenvalue weighted by atomic mass is 19.4. The van der Waals surface area contributed by atoms with Gasteiger partial charge in [0.1, 0.15) is 11.5 Å². The fourth-order valence-electron chi connectivity index (χ4n) is 5.01. The van der Waals surface area contributed by atoms with E-state index in [9.17, 15) is 31.1 Å². The third-order valence-corrected chi connectivity index (χ3v) is 6.90. The fraction of sp³-hybridized carbons (Fsp3) is 0.345. The number of alkyl halides is 6. The quantitative estimate of drug-likeness (QED) is 0.295. The molecule has 1 heterocycles. The lowest BCUT2D eigenvalue weighted by Crippen LogP contribution is -2.47. The van der Waals surface area contributed by atoms with Crippen LogP contribution in [0.2, 0.25) is 0 Å². The van der Waals surface area contributed by atoms with E-state index < -0.39 is 35.7 Å². The Balaban J connectivity index is 1.82. The van der Waals surface area contributed by atoms with Gasteiger partial charge in [0.15, 0.2) is 0 Å². The zero-order chi connectivity index (χ0) is 29.7. The number of carbonyl (C=O) groups is 1. The Morgan fingerprint density at radius 3 is 1.90 bits per heavy atom. The van der Waals surface area contributed by atoms with Crippen LogP contribution in [-0.4, -0.2) is 56.5 Å². The van der Waals surface area contributed by atoms with Crippen LogP contribution in [0, 0.1) is 0 Å². The number of nitrogens with zero attached hydrogens (tertiary/aromatic N) is 1. The highest BCUT2D eigenvalue weighted by molar-refractivity contribution is 5.75. The first kappa shape index (κ1) is 30.0. The van der Waals surface area contributed by atoms with E-state index in [1.807, 2.05) is 0 Å². The predicted molar refractivity (Wildman–Crippen MR) is 138 cm³/mol. The molecule has 1 fully saturated rings. The Kier molecular flexibility index (Phi) is 9.01. The Labute approximate surface area is 232 Å². The van der Waals surface area contributed by atoms with Crippen molar-refractivity contribution in [2.75, 3.05) is 26.7 Å². The summed E-state index contributed by atoms with van der Waals surface area (Å²) in [7, 11) is 1.54. The number of benzene rings is 3. The minimum absolute atomic E-state index is 0.111. The summed E-state index contributed by atoms with van der Waals surface area (Å²) < 4.78 is 92.4. The van der Waals surface area contributed by atoms with Gasteiger partial charge in [-0.25, -0.2) is 4.79 Å². The second-order valence-electron chi connectivity index (χ2n) is 9.65. The van der Waals surface area contributed by atoms with E-state index in [4.69, 9.17) is 4.74 Å². The summed E-state index contributed by atoms with van der Waals surface area (Å²) in [6, 6.07) is 18.9. The Hall–Kier alpha value is -3.93. The van der Waals surface area contributed by atoms with Crippen molar-refractivity contribution < 1.29 is 45.3 Å². The van der Waals surface area contributed by atoms with Crippen LogP contribution in [0.25, 0.3) is 0 Å². The van der Waals surface area contributed by atoms with Gasteiger partial charge in [-0.05, 0) is 53.8 Å². The van der Waals surface area contributed by atoms with Gasteiger partial charge in [-0.15, -0.1) is 26.3 Å². The molecule has 12 heteroatoms. The number of halogens is 6. The molecular weight excluding hydrogens is 554 g/mol. The predicted octanol–water partition coefficient (Wildman–Crippen LogP) is 6.44. The SMILES string of the molecule is CO[C@@H]1CCN(C(=O)NCC(Cc2ccccc2)(c2cccc(OC(F)(F)F)c2)c2cccc(OC(F)(F)F)c2)C1. The van der Waals surface area contributed by atoms with Crippen molar-refractivity contribution in [3.8, 4) is 11.5 Å². The number of amides is 2. The van der Waals surface area contributed by atoms with Crippen molar-refractivity contribution in [2.24, 2.45) is 0 Å². The number of hydrogen-bond donors (Lipinski definition) is 1. The summed E-state index contributed by atoms with van der Waals surface area (Å²) in [5.41, 5.74) is -0.0491. The zero-order valence-corrected chi connectivity index (χ0v) is 22.0. The second kappa shape index (κ2) is 12.3. The molecule has 0 saturated carbocycles. The number of urea groups is 1. The van der Waals surface area contributed by atoms with E-state index in [2.05, 4.69) is 14.8 Å². The minimum atomic E-state index is -4.97. The lowest BCUT2D eigenvalue weighted by Gasteiger charge is -2.37. The van der Waals surface area contributed by atoms with Crippen molar-refractivity contribution in [1.82, 2.24) is 10.2 Å². The maximum absolute atomic E-state index is 13.2. The number of ether oxygens (including phenoxy) is 3. The highest BCUT2D eigenvalue weighted by Crippen LogP contribution is 2.40. The molecule has 0 unspecified atom stereocenters. The Morgan fingerprint density at radius 2 is 1.41 bits per heavy atom. The molecular formula is C29H28F6N2O4. The van der Waals surface area contributed by atoms with Gasteiger partial charge in [-0.2, -0.15) is 0 Å². The highest BCUT2D eigenvalue weighted by Gasteiger charge is 2.39. The third kappa shape index (κ3) is 8.06. The van der Waals surface area contributed by atoms with Gasteiger partial charge in [0.25, 0.3) is 0 Å². The molecule has 220 valence electrons. The first-order valence-electron chi connectivity index (χ1n) is 12.7. The second-order valence-corrected chi connectivity index (χ2v) is 9.65. The molecule has 0 aromatic heterocycles. The van der Waals surface area contributed by atoms with Crippen molar-refractivity contribution in [1.29, 1.82) is 0 Å². The fourth-order valence-corrected chi connectivity index (χ4v) is 5.01. The molecule has 1 saturated heterocycles. The van der Waals surface area contributed by atoms with E-state index >= 15 is 0 Å². The zero-order valence-electron chi connectivity index (χ0n) is 22.0. The topological polar surface area (TPSA) is 60.0 Å². The molecule has 3 aromatic rings. The van der Waals surface area contributed by atoms with E-state index in [0.717, 1.165) is 17.7 Å². The molecule has 0 radical (unpaired) electrons. The van der Waals surface area contributed by atoms with Crippen molar-refractivity contribution >= 4 is 6.03 Å². The monoisotopic (exact) mass is 582 g/mol. The van der Waals surface area contributed by atoms with E-state index in [-0.39, 0.29) is 30.2 Å². The van der Waals surface area contributed by atoms with Gasteiger partial charge in [0.2, 0.25) is 0 Å². The summed E-state index contributed by atoms with van der Waals surface area (Å²) >= 11 is 0. The van der Waals surface area contributed by atoms with Crippen molar-refractivity contribution in [3.05, 3.63) is 95.6 Å². The summed E-state index contributed by atoms with van der Waals surface area (Å²) in [5.74, 6) is -1.02. The molecule has 0 spiro atoms. The average Bonchev–Trinajstić information content (AvgIpc) is 3.39. The lowest BCUT2D eigenvalue weighted by molar-refractivity contribution is -0.275. The molecule has 41 heavy (non-hydrogen) atoms. The Morgan fingerprint density at radius 1 is 0.854 bits per heavy atom. The average molecular weight is 583 g/mol. The molecule has 2 amide bonds. The van der Waals surface area contributed by atoms with Gasteiger partial charge >= 0.3 is 18.8 Å². The van der Waals surface area contributed by atoms with Gasteiger partial charge in [0, 0.05) is 32.2 Å². The number of nitrogens with one attached hydrogen (secondary N) is 1. The van der Waals surface area contributed by atoms with Crippen molar-refractivity contribution in [3.63, 3.8) is 0 Å². The molecule has 0 aliphatic carbocycles. The maximum atomic E-state index is 13.2. The number of carbonyl (C=O) groups excluding carboxylic acids is 1. The van der Waals surface area contributed by atoms with Crippen molar-refractivity contribution in [2.45, 2.75) is 37.1 Å². The van der Waals surface area contributed by atoms with Crippen LogP contribution in [0.5, 0.6) is 11.5 Å². The molecule has 6 nitrogen and oxygen atoms in total. The summed E-state index contributed by atoms with van der Waals surface area (Å²) in [5, 5.41) is 2.87. The maximum Gasteiger partial charge on any atom is 0.573 e. The first-order valence-corrected chi connectivity index (χ1v) is 12.7. The summed E-state index contributed by atoms with van der Waals surface area (Å²) in [6.07, 6.45) is -9.33. The molecule has 1 atom stereocenters. The number of methoxy groups -OCH3 is 1.